The van der Waals surface area contributed by atoms with Gasteiger partial charge in [-0.1, -0.05) is 6.58 Å². The molecule has 1 aromatic rings. The third-order valence-electron chi connectivity index (χ3n) is 4.34. The maximum absolute atomic E-state index is 11.8. The molecule has 8 heteroatoms. The average molecular weight is 352 g/mol. The predicted octanol–water partition coefficient (Wildman–Crippen LogP) is 1.56. The second kappa shape index (κ2) is 7.81. The van der Waals surface area contributed by atoms with E-state index in [1.54, 1.807) is 6.20 Å². The van der Waals surface area contributed by atoms with Gasteiger partial charge in [-0.2, -0.15) is 4.98 Å². The average Bonchev–Trinajstić information content (AvgIpc) is 2.62. The molecule has 2 aliphatic rings. The molecule has 0 bridgehead atoms. The number of nitrogens with zero attached hydrogens (tertiary/aromatic N) is 4. The summed E-state index contributed by atoms with van der Waals surface area (Å²) in [5.41, 5.74) is 0.926. The summed E-state index contributed by atoms with van der Waals surface area (Å²) in [5, 5.41) is 3.66. The predicted molar refractivity (Wildman–Crippen MR) is 93.5 cm³/mol. The topological polar surface area (TPSA) is 70.6 Å². The molecule has 1 atom stereocenters. The first-order valence-electron chi connectivity index (χ1n) is 8.20. The third kappa shape index (κ3) is 3.96. The van der Waals surface area contributed by atoms with E-state index >= 15 is 0 Å². The van der Waals surface area contributed by atoms with Gasteiger partial charge in [0.1, 0.15) is 0 Å². The number of aromatic nitrogens is 2. The summed E-state index contributed by atoms with van der Waals surface area (Å²) in [5.74, 6) is 0.686. The minimum Gasteiger partial charge on any atom is -0.378 e. The molecule has 2 saturated heterocycles. The zero-order valence-electron chi connectivity index (χ0n) is 13.6. The summed E-state index contributed by atoms with van der Waals surface area (Å²) in [6.07, 6.45) is 5.04. The maximum atomic E-state index is 11.8. The molecule has 1 N–H and O–H groups in total. The van der Waals surface area contributed by atoms with E-state index in [2.05, 4.69) is 26.8 Å². The van der Waals surface area contributed by atoms with Crippen molar-refractivity contribution in [2.75, 3.05) is 49.6 Å². The van der Waals surface area contributed by atoms with Crippen LogP contribution in [0.25, 0.3) is 0 Å². The van der Waals surface area contributed by atoms with Gasteiger partial charge in [-0.15, -0.1) is 0 Å². The molecule has 24 heavy (non-hydrogen) atoms. The van der Waals surface area contributed by atoms with Gasteiger partial charge in [-0.05, 0) is 30.5 Å². The maximum Gasteiger partial charge on any atom is 0.246 e. The number of rotatable bonds is 4. The molecule has 7 nitrogen and oxygen atoms in total. The first kappa shape index (κ1) is 17.0. The molecule has 2 aliphatic heterocycles. The highest BCUT2D eigenvalue weighted by atomic mass is 35.5. The van der Waals surface area contributed by atoms with Crippen LogP contribution in [0.5, 0.6) is 0 Å². The molecule has 2 fully saturated rings. The Bertz CT molecular complexity index is 606. The van der Waals surface area contributed by atoms with E-state index in [0.717, 1.165) is 44.0 Å². The monoisotopic (exact) mass is 351 g/mol. The first-order valence-corrected chi connectivity index (χ1v) is 8.58. The van der Waals surface area contributed by atoms with Crippen molar-refractivity contribution in [2.45, 2.75) is 18.9 Å². The molecule has 130 valence electrons. The van der Waals surface area contributed by atoms with E-state index in [0.29, 0.717) is 19.8 Å². The Hall–Kier alpha value is -1.86. The molecule has 0 aromatic carbocycles. The van der Waals surface area contributed by atoms with Crippen molar-refractivity contribution in [3.05, 3.63) is 24.1 Å². The highest BCUT2D eigenvalue weighted by Gasteiger charge is 2.24. The molecular weight excluding hydrogens is 330 g/mol. The Labute approximate surface area is 146 Å². The SMILES string of the molecule is C=CC(=O)N1CCC[C@H](Nc2nc(Cl)ncc2N2CCOCC2)C1. The van der Waals surface area contributed by atoms with Gasteiger partial charge >= 0.3 is 0 Å². The van der Waals surface area contributed by atoms with Gasteiger partial charge in [0.15, 0.2) is 5.82 Å². The van der Waals surface area contributed by atoms with E-state index in [9.17, 15) is 4.79 Å². The number of carbonyl (C=O) groups excluding carboxylic acids is 1. The normalized spacial score (nSPS) is 21.5. The fraction of sp³-hybridized carbons (Fsp3) is 0.562. The number of amides is 1. The van der Waals surface area contributed by atoms with Gasteiger partial charge in [0.25, 0.3) is 0 Å². The van der Waals surface area contributed by atoms with Crippen molar-refractivity contribution in [1.82, 2.24) is 14.9 Å². The standard InChI is InChI=1S/C16H22ClN5O2/c1-2-14(23)22-5-3-4-12(11-22)19-15-13(10-18-16(17)20-15)21-6-8-24-9-7-21/h2,10,12H,1,3-9,11H2,(H,18,19,20)/t12-/m0/s1. The van der Waals surface area contributed by atoms with Crippen molar-refractivity contribution < 1.29 is 9.53 Å². The summed E-state index contributed by atoms with van der Waals surface area (Å²) in [7, 11) is 0. The lowest BCUT2D eigenvalue weighted by Crippen LogP contribution is -2.45. The van der Waals surface area contributed by atoms with Crippen LogP contribution < -0.4 is 10.2 Å². The van der Waals surface area contributed by atoms with Crippen LogP contribution in [0.15, 0.2) is 18.9 Å². The van der Waals surface area contributed by atoms with Gasteiger partial charge in [0.2, 0.25) is 11.2 Å². The molecule has 1 amide bonds. The van der Waals surface area contributed by atoms with Crippen LogP contribution in [-0.2, 0) is 9.53 Å². The van der Waals surface area contributed by atoms with Gasteiger partial charge in [0, 0.05) is 32.2 Å². The molecule has 0 unspecified atom stereocenters. The number of halogens is 1. The quantitative estimate of drug-likeness (QED) is 0.655. The molecule has 0 saturated carbocycles. The van der Waals surface area contributed by atoms with Crippen LogP contribution in [0, 0.1) is 0 Å². The highest BCUT2D eigenvalue weighted by molar-refractivity contribution is 6.28. The van der Waals surface area contributed by atoms with E-state index < -0.39 is 0 Å². The molecule has 3 rings (SSSR count). The van der Waals surface area contributed by atoms with E-state index in [1.807, 2.05) is 4.90 Å². The first-order chi connectivity index (χ1) is 11.7. The highest BCUT2D eigenvalue weighted by Crippen LogP contribution is 2.27. The Morgan fingerprint density at radius 1 is 1.42 bits per heavy atom. The molecule has 3 heterocycles. The van der Waals surface area contributed by atoms with E-state index in [4.69, 9.17) is 16.3 Å². The number of ether oxygens (including phenoxy) is 1. The van der Waals surface area contributed by atoms with Crippen molar-refractivity contribution in [3.63, 3.8) is 0 Å². The minimum absolute atomic E-state index is 0.0318. The molecule has 0 aliphatic carbocycles. The Kier molecular flexibility index (Phi) is 5.52. The Morgan fingerprint density at radius 2 is 2.21 bits per heavy atom. The number of hydrogen-bond acceptors (Lipinski definition) is 6. The molecular formula is C16H22ClN5O2. The number of carbonyl (C=O) groups is 1. The van der Waals surface area contributed by atoms with E-state index in [-0.39, 0.29) is 17.2 Å². The van der Waals surface area contributed by atoms with Crippen molar-refractivity contribution in [2.24, 2.45) is 0 Å². The number of piperidine rings is 1. The number of anilines is 2. The van der Waals surface area contributed by atoms with Crippen molar-refractivity contribution in [1.29, 1.82) is 0 Å². The zero-order valence-corrected chi connectivity index (χ0v) is 14.3. The lowest BCUT2D eigenvalue weighted by molar-refractivity contribution is -0.127. The van der Waals surface area contributed by atoms with Crippen LogP contribution in [-0.4, -0.2) is 66.2 Å². The summed E-state index contributed by atoms with van der Waals surface area (Å²) in [4.78, 5) is 24.3. The summed E-state index contributed by atoms with van der Waals surface area (Å²) in [6, 6.07) is 0.133. The zero-order chi connectivity index (χ0) is 16.9. The second-order valence-electron chi connectivity index (χ2n) is 5.94. The van der Waals surface area contributed by atoms with Crippen molar-refractivity contribution in [3.8, 4) is 0 Å². The Balaban J connectivity index is 1.74. The minimum atomic E-state index is -0.0318. The lowest BCUT2D eigenvalue weighted by Gasteiger charge is -2.34. The molecule has 1 aromatic heterocycles. The van der Waals surface area contributed by atoms with Gasteiger partial charge in [-0.3, -0.25) is 4.79 Å². The summed E-state index contributed by atoms with van der Waals surface area (Å²) < 4.78 is 5.41. The lowest BCUT2D eigenvalue weighted by atomic mass is 10.1. The van der Waals surface area contributed by atoms with Crippen LogP contribution in [0.1, 0.15) is 12.8 Å². The smallest absolute Gasteiger partial charge is 0.246 e. The van der Waals surface area contributed by atoms with Crippen LogP contribution >= 0.6 is 11.6 Å². The summed E-state index contributed by atoms with van der Waals surface area (Å²) >= 11 is 5.99. The molecule has 0 spiro atoms. The summed E-state index contributed by atoms with van der Waals surface area (Å²) in [6.45, 7) is 7.93. The third-order valence-corrected chi connectivity index (χ3v) is 4.52. The number of hydrogen-bond donors (Lipinski definition) is 1. The number of nitrogens with one attached hydrogen (secondary N) is 1. The van der Waals surface area contributed by atoms with Crippen LogP contribution in [0.2, 0.25) is 5.28 Å². The van der Waals surface area contributed by atoms with E-state index in [1.165, 1.54) is 6.08 Å². The number of likely N-dealkylation sites (tertiary alicyclic amines) is 1. The Morgan fingerprint density at radius 3 is 2.96 bits per heavy atom. The fourth-order valence-corrected chi connectivity index (χ4v) is 3.25. The van der Waals surface area contributed by atoms with Gasteiger partial charge in [0.05, 0.1) is 25.1 Å². The fourth-order valence-electron chi connectivity index (χ4n) is 3.11. The van der Waals surface area contributed by atoms with Gasteiger partial charge in [-0.25, -0.2) is 4.98 Å². The largest absolute Gasteiger partial charge is 0.378 e. The van der Waals surface area contributed by atoms with Crippen LogP contribution in [0.3, 0.4) is 0 Å². The molecule has 0 radical (unpaired) electrons. The number of morpholine rings is 1. The van der Waals surface area contributed by atoms with Crippen LogP contribution in [0.4, 0.5) is 11.5 Å². The van der Waals surface area contributed by atoms with Gasteiger partial charge < -0.3 is 19.9 Å². The second-order valence-corrected chi connectivity index (χ2v) is 6.28. The van der Waals surface area contributed by atoms with Crippen molar-refractivity contribution >= 4 is 29.0 Å².